The molecule has 0 saturated heterocycles. The molecule has 0 aromatic heterocycles. The van der Waals surface area contributed by atoms with Crippen molar-refractivity contribution in [2.24, 2.45) is 0 Å². The van der Waals surface area contributed by atoms with Crippen LogP contribution in [-0.4, -0.2) is 29.8 Å². The molecule has 126 valence electrons. The van der Waals surface area contributed by atoms with Gasteiger partial charge in [0.15, 0.2) is 5.75 Å². The smallest absolute Gasteiger partial charge is 0.339 e. The van der Waals surface area contributed by atoms with E-state index in [9.17, 15) is 9.59 Å². The van der Waals surface area contributed by atoms with Gasteiger partial charge in [0.25, 0.3) is 0 Å². The molecule has 0 spiro atoms. The van der Waals surface area contributed by atoms with Crippen LogP contribution < -0.4 is 4.89 Å². The van der Waals surface area contributed by atoms with Gasteiger partial charge in [-0.3, -0.25) is 0 Å². The van der Waals surface area contributed by atoms with E-state index in [1.54, 1.807) is 19.1 Å². The standard InChI is InChI=1S/C17H22O6/c1-4-13(22-17(20)12(2)3)8-7-11-21-23-15-10-6-5-9-14(15)16(18)19/h5-6,9-10,13H,2,4,7-8,11H2,1,3H3,(H,18,19). The van der Waals surface area contributed by atoms with Crippen LogP contribution in [0.25, 0.3) is 0 Å². The van der Waals surface area contributed by atoms with Gasteiger partial charge >= 0.3 is 11.9 Å². The molecule has 0 saturated carbocycles. The van der Waals surface area contributed by atoms with Crippen molar-refractivity contribution in [2.45, 2.75) is 39.2 Å². The molecule has 0 fully saturated rings. The number of carbonyl (C=O) groups excluding carboxylic acids is 1. The zero-order chi connectivity index (χ0) is 17.2. The summed E-state index contributed by atoms with van der Waals surface area (Å²) in [7, 11) is 0. The Balaban J connectivity index is 2.33. The van der Waals surface area contributed by atoms with E-state index < -0.39 is 11.9 Å². The number of carbonyl (C=O) groups is 2. The van der Waals surface area contributed by atoms with Crippen molar-refractivity contribution >= 4 is 11.9 Å². The van der Waals surface area contributed by atoms with E-state index in [4.69, 9.17) is 19.6 Å². The number of rotatable bonds is 10. The van der Waals surface area contributed by atoms with E-state index in [0.717, 1.165) is 0 Å². The maximum Gasteiger partial charge on any atom is 0.339 e. The van der Waals surface area contributed by atoms with Crippen LogP contribution >= 0.6 is 0 Å². The van der Waals surface area contributed by atoms with Gasteiger partial charge in [-0.1, -0.05) is 25.6 Å². The van der Waals surface area contributed by atoms with Gasteiger partial charge in [-0.25, -0.2) is 9.59 Å². The highest BCUT2D eigenvalue weighted by Gasteiger charge is 2.14. The summed E-state index contributed by atoms with van der Waals surface area (Å²) in [6.07, 6.45) is 1.73. The fraction of sp³-hybridized carbons (Fsp3) is 0.412. The lowest BCUT2D eigenvalue weighted by molar-refractivity contribution is -0.208. The number of carboxylic acid groups (broad SMARTS) is 1. The number of hydrogen-bond donors (Lipinski definition) is 1. The molecule has 1 rings (SSSR count). The van der Waals surface area contributed by atoms with Gasteiger partial charge in [0.05, 0.1) is 6.61 Å². The first-order valence-electron chi connectivity index (χ1n) is 7.44. The second-order valence-corrected chi connectivity index (χ2v) is 5.06. The lowest BCUT2D eigenvalue weighted by Gasteiger charge is -2.16. The highest BCUT2D eigenvalue weighted by atomic mass is 17.2. The monoisotopic (exact) mass is 322 g/mol. The summed E-state index contributed by atoms with van der Waals surface area (Å²) in [6.45, 7) is 7.33. The van der Waals surface area contributed by atoms with Gasteiger partial charge in [0.2, 0.25) is 0 Å². The van der Waals surface area contributed by atoms with Crippen molar-refractivity contribution in [3.05, 3.63) is 42.0 Å². The maximum absolute atomic E-state index is 11.5. The van der Waals surface area contributed by atoms with Gasteiger partial charge in [-0.05, 0) is 38.3 Å². The van der Waals surface area contributed by atoms with Crippen LogP contribution in [0, 0.1) is 0 Å². The van der Waals surface area contributed by atoms with Crippen LogP contribution in [0.2, 0.25) is 0 Å². The lowest BCUT2D eigenvalue weighted by atomic mass is 10.1. The molecule has 0 radical (unpaired) electrons. The van der Waals surface area contributed by atoms with Crippen LogP contribution in [0.15, 0.2) is 36.4 Å². The topological polar surface area (TPSA) is 82.1 Å². The molecule has 1 aromatic rings. The Morgan fingerprint density at radius 2 is 2.00 bits per heavy atom. The first kappa shape index (κ1) is 18.7. The van der Waals surface area contributed by atoms with Gasteiger partial charge in [0.1, 0.15) is 11.7 Å². The molecule has 1 atom stereocenters. The molecule has 0 aliphatic carbocycles. The Morgan fingerprint density at radius 3 is 2.61 bits per heavy atom. The summed E-state index contributed by atoms with van der Waals surface area (Å²) in [6, 6.07) is 6.23. The molecule has 0 bridgehead atoms. The van der Waals surface area contributed by atoms with Gasteiger partial charge in [-0.15, -0.1) is 0 Å². The third-order valence-electron chi connectivity index (χ3n) is 3.10. The summed E-state index contributed by atoms with van der Waals surface area (Å²) in [5.41, 5.74) is 0.405. The summed E-state index contributed by atoms with van der Waals surface area (Å²) in [5, 5.41) is 9.01. The van der Waals surface area contributed by atoms with E-state index in [1.165, 1.54) is 12.1 Å². The molecule has 1 N–H and O–H groups in total. The zero-order valence-corrected chi connectivity index (χ0v) is 13.4. The zero-order valence-electron chi connectivity index (χ0n) is 13.4. The Bertz CT molecular complexity index is 552. The van der Waals surface area contributed by atoms with E-state index in [0.29, 0.717) is 24.8 Å². The Kier molecular flexibility index (Phi) is 7.83. The summed E-state index contributed by atoms with van der Waals surface area (Å²) < 4.78 is 5.26. The van der Waals surface area contributed by atoms with Crippen LogP contribution in [0.4, 0.5) is 0 Å². The third kappa shape index (κ3) is 6.52. The van der Waals surface area contributed by atoms with Crippen molar-refractivity contribution < 1.29 is 29.2 Å². The molecule has 0 aliphatic heterocycles. The van der Waals surface area contributed by atoms with E-state index in [1.807, 2.05) is 6.92 Å². The molecule has 6 nitrogen and oxygen atoms in total. The third-order valence-corrected chi connectivity index (χ3v) is 3.10. The van der Waals surface area contributed by atoms with E-state index in [2.05, 4.69) is 6.58 Å². The number of esters is 1. The molecule has 23 heavy (non-hydrogen) atoms. The molecule has 6 heteroatoms. The predicted octanol–water partition coefficient (Wildman–Crippen LogP) is 3.37. The molecule has 0 aliphatic rings. The van der Waals surface area contributed by atoms with Gasteiger partial charge < -0.3 is 14.7 Å². The quantitative estimate of drug-likeness (QED) is 0.234. The van der Waals surface area contributed by atoms with Gasteiger partial charge in [-0.2, -0.15) is 4.89 Å². The van der Waals surface area contributed by atoms with Crippen molar-refractivity contribution in [1.29, 1.82) is 0 Å². The molecule has 1 unspecified atom stereocenters. The maximum atomic E-state index is 11.5. The summed E-state index contributed by atoms with van der Waals surface area (Å²) >= 11 is 0. The van der Waals surface area contributed by atoms with E-state index in [-0.39, 0.29) is 24.0 Å². The second kappa shape index (κ2) is 9.63. The van der Waals surface area contributed by atoms with Gasteiger partial charge in [0, 0.05) is 5.57 Å². The molecular weight excluding hydrogens is 300 g/mol. The molecule has 1 aromatic carbocycles. The second-order valence-electron chi connectivity index (χ2n) is 5.06. The Labute approximate surface area is 135 Å². The number of aromatic carboxylic acids is 1. The molecule has 0 amide bonds. The largest absolute Gasteiger partial charge is 0.478 e. The first-order valence-corrected chi connectivity index (χ1v) is 7.44. The number of ether oxygens (including phenoxy) is 1. The van der Waals surface area contributed by atoms with Crippen LogP contribution in [0.5, 0.6) is 5.75 Å². The van der Waals surface area contributed by atoms with Crippen molar-refractivity contribution in [1.82, 2.24) is 0 Å². The van der Waals surface area contributed by atoms with Crippen LogP contribution in [0.3, 0.4) is 0 Å². The number of para-hydroxylation sites is 1. The van der Waals surface area contributed by atoms with Crippen molar-refractivity contribution in [3.8, 4) is 5.75 Å². The molecular formula is C17H22O6. The minimum absolute atomic E-state index is 0.0364. The first-order chi connectivity index (χ1) is 11.0. The molecule has 0 heterocycles. The minimum Gasteiger partial charge on any atom is -0.478 e. The Morgan fingerprint density at radius 1 is 1.30 bits per heavy atom. The fourth-order valence-corrected chi connectivity index (χ4v) is 1.79. The van der Waals surface area contributed by atoms with Crippen LogP contribution in [0.1, 0.15) is 43.5 Å². The number of carboxylic acids is 1. The van der Waals surface area contributed by atoms with Crippen molar-refractivity contribution in [2.75, 3.05) is 6.61 Å². The average Bonchev–Trinajstić information content (AvgIpc) is 2.53. The highest BCUT2D eigenvalue weighted by Crippen LogP contribution is 2.18. The van der Waals surface area contributed by atoms with Crippen molar-refractivity contribution in [3.63, 3.8) is 0 Å². The Hall–Kier alpha value is -2.34. The highest BCUT2D eigenvalue weighted by molar-refractivity contribution is 5.90. The minimum atomic E-state index is -1.08. The predicted molar refractivity (Wildman–Crippen MR) is 84.2 cm³/mol. The van der Waals surface area contributed by atoms with E-state index >= 15 is 0 Å². The number of benzene rings is 1. The normalized spacial score (nSPS) is 11.6. The average molecular weight is 322 g/mol. The number of hydrogen-bond acceptors (Lipinski definition) is 5. The lowest BCUT2D eigenvalue weighted by Crippen LogP contribution is -2.18. The summed E-state index contributed by atoms with van der Waals surface area (Å²) in [4.78, 5) is 32.5. The summed E-state index contributed by atoms with van der Waals surface area (Å²) in [5.74, 6) is -1.33. The fourth-order valence-electron chi connectivity index (χ4n) is 1.79. The van der Waals surface area contributed by atoms with Crippen LogP contribution in [-0.2, 0) is 14.4 Å². The SMILES string of the molecule is C=C(C)C(=O)OC(CC)CCCOOc1ccccc1C(=O)O.